The number of hydrogen-bond donors (Lipinski definition) is 0. The average Bonchev–Trinajstić information content (AvgIpc) is 2.77. The predicted octanol–water partition coefficient (Wildman–Crippen LogP) is 3.88. The van der Waals surface area contributed by atoms with Crippen LogP contribution in [0, 0.1) is 5.82 Å². The Kier molecular flexibility index (Phi) is 3.73. The molecule has 1 amide bonds. The molecule has 0 bridgehead atoms. The monoisotopic (exact) mass is 364 g/mol. The van der Waals surface area contributed by atoms with Gasteiger partial charge in [-0.25, -0.2) is 4.39 Å². The lowest BCUT2D eigenvalue weighted by Crippen LogP contribution is -2.13. The van der Waals surface area contributed by atoms with Crippen molar-refractivity contribution < 1.29 is 9.18 Å². The third kappa shape index (κ3) is 2.69. The van der Waals surface area contributed by atoms with Crippen molar-refractivity contribution in [3.05, 3.63) is 63.1 Å². The predicted molar refractivity (Wildman–Crippen MR) is 84.8 cm³/mol. The quantitative estimate of drug-likeness (QED) is 0.645. The highest BCUT2D eigenvalue weighted by Gasteiger charge is 2.09. The zero-order valence-electron chi connectivity index (χ0n) is 11.0. The van der Waals surface area contributed by atoms with E-state index in [1.54, 1.807) is 6.07 Å². The van der Waals surface area contributed by atoms with E-state index in [2.05, 4.69) is 20.9 Å². The highest BCUT2D eigenvalue weighted by Crippen LogP contribution is 2.24. The first-order valence-corrected chi connectivity index (χ1v) is 7.76. The fraction of sp³-hybridized carbons (Fsp3) is 0.0667. The summed E-state index contributed by atoms with van der Waals surface area (Å²) < 4.78 is 17.0. The van der Waals surface area contributed by atoms with Crippen molar-refractivity contribution in [2.24, 2.45) is 12.0 Å². The van der Waals surface area contributed by atoms with Crippen molar-refractivity contribution in [2.45, 2.75) is 0 Å². The van der Waals surface area contributed by atoms with Crippen molar-refractivity contribution in [2.75, 3.05) is 0 Å². The molecule has 0 aliphatic heterocycles. The van der Waals surface area contributed by atoms with Crippen molar-refractivity contribution in [1.82, 2.24) is 4.57 Å². The van der Waals surface area contributed by atoms with Gasteiger partial charge in [0.15, 0.2) is 4.80 Å². The fourth-order valence-electron chi connectivity index (χ4n) is 2.04. The first kappa shape index (κ1) is 14.2. The van der Waals surface area contributed by atoms with Crippen LogP contribution in [0.1, 0.15) is 10.4 Å². The molecule has 0 saturated carbocycles. The van der Waals surface area contributed by atoms with E-state index in [4.69, 9.17) is 0 Å². The number of para-hydroxylation sites is 1. The highest BCUT2D eigenvalue weighted by molar-refractivity contribution is 9.10. The van der Waals surface area contributed by atoms with Gasteiger partial charge in [0, 0.05) is 17.1 Å². The van der Waals surface area contributed by atoms with Crippen LogP contribution in [0.2, 0.25) is 0 Å². The van der Waals surface area contributed by atoms with Gasteiger partial charge in [-0.1, -0.05) is 23.5 Å². The molecule has 0 aliphatic carbocycles. The standard InChI is InChI=1S/C15H10BrFN2OS/c1-19-13-11(16)6-3-7-12(13)21-15(19)18-14(20)9-4-2-5-10(17)8-9/h2-8H,1H3. The third-order valence-electron chi connectivity index (χ3n) is 3.04. The molecule has 3 nitrogen and oxygen atoms in total. The first-order chi connectivity index (χ1) is 10.1. The number of amides is 1. The molecule has 6 heteroatoms. The van der Waals surface area contributed by atoms with Crippen molar-refractivity contribution in [3.63, 3.8) is 0 Å². The number of hydrogen-bond acceptors (Lipinski definition) is 2. The number of aryl methyl sites for hydroxylation is 1. The Bertz CT molecular complexity index is 913. The largest absolute Gasteiger partial charge is 0.318 e. The van der Waals surface area contributed by atoms with E-state index in [1.165, 1.54) is 29.5 Å². The molecule has 0 atom stereocenters. The van der Waals surface area contributed by atoms with E-state index >= 15 is 0 Å². The number of halogens is 2. The number of aromatic nitrogens is 1. The van der Waals surface area contributed by atoms with Gasteiger partial charge >= 0.3 is 0 Å². The normalized spacial score (nSPS) is 12.0. The Morgan fingerprint density at radius 2 is 2.05 bits per heavy atom. The van der Waals surface area contributed by atoms with Crippen molar-refractivity contribution in [1.29, 1.82) is 0 Å². The molecule has 0 aliphatic rings. The summed E-state index contributed by atoms with van der Waals surface area (Å²) in [6.07, 6.45) is 0. The number of carbonyl (C=O) groups is 1. The Labute approximate surface area is 132 Å². The fourth-order valence-corrected chi connectivity index (χ4v) is 3.84. The zero-order chi connectivity index (χ0) is 15.0. The summed E-state index contributed by atoms with van der Waals surface area (Å²) >= 11 is 4.91. The van der Waals surface area contributed by atoms with E-state index in [0.717, 1.165) is 14.7 Å². The van der Waals surface area contributed by atoms with Crippen LogP contribution in [0.4, 0.5) is 4.39 Å². The molecule has 0 saturated heterocycles. The smallest absolute Gasteiger partial charge is 0.279 e. The number of fused-ring (bicyclic) bond motifs is 1. The molecule has 0 unspecified atom stereocenters. The molecular formula is C15H10BrFN2OS. The zero-order valence-corrected chi connectivity index (χ0v) is 13.4. The minimum absolute atomic E-state index is 0.242. The lowest BCUT2D eigenvalue weighted by Gasteiger charge is -1.98. The van der Waals surface area contributed by atoms with Gasteiger partial charge in [0.05, 0.1) is 10.2 Å². The molecule has 2 aromatic carbocycles. The topological polar surface area (TPSA) is 34.4 Å². The Morgan fingerprint density at radius 3 is 2.76 bits per heavy atom. The number of nitrogens with zero attached hydrogens (tertiary/aromatic N) is 2. The first-order valence-electron chi connectivity index (χ1n) is 6.15. The van der Waals surface area contributed by atoms with Crippen molar-refractivity contribution in [3.8, 4) is 0 Å². The van der Waals surface area contributed by atoms with Crippen molar-refractivity contribution >= 4 is 43.4 Å². The van der Waals surface area contributed by atoms with Crippen LogP contribution in [0.5, 0.6) is 0 Å². The maximum absolute atomic E-state index is 13.2. The van der Waals surface area contributed by atoms with E-state index in [1.807, 2.05) is 29.8 Å². The van der Waals surface area contributed by atoms with E-state index in [9.17, 15) is 9.18 Å². The van der Waals surface area contributed by atoms with Gasteiger partial charge < -0.3 is 4.57 Å². The maximum atomic E-state index is 13.2. The average molecular weight is 365 g/mol. The van der Waals surface area contributed by atoms with Crippen LogP contribution in [0.3, 0.4) is 0 Å². The molecule has 1 aromatic heterocycles. The lowest BCUT2D eigenvalue weighted by molar-refractivity contribution is 0.0997. The van der Waals surface area contributed by atoms with Gasteiger partial charge in [-0.15, -0.1) is 0 Å². The second kappa shape index (κ2) is 5.54. The van der Waals surface area contributed by atoms with Gasteiger partial charge in [0.1, 0.15) is 5.82 Å². The molecule has 0 spiro atoms. The molecule has 3 aromatic rings. The summed E-state index contributed by atoms with van der Waals surface area (Å²) in [6.45, 7) is 0. The Morgan fingerprint density at radius 1 is 1.29 bits per heavy atom. The Hall–Kier alpha value is -1.79. The summed E-state index contributed by atoms with van der Waals surface area (Å²) in [5, 5.41) is 0. The summed E-state index contributed by atoms with van der Waals surface area (Å²) in [5.41, 5.74) is 1.22. The molecule has 106 valence electrons. The molecule has 0 fully saturated rings. The van der Waals surface area contributed by atoms with Gasteiger partial charge in [-0.3, -0.25) is 4.79 Å². The highest BCUT2D eigenvalue weighted by atomic mass is 79.9. The summed E-state index contributed by atoms with van der Waals surface area (Å²) in [6, 6.07) is 11.4. The third-order valence-corrected chi connectivity index (χ3v) is 4.78. The van der Waals surface area contributed by atoms with E-state index in [0.29, 0.717) is 4.80 Å². The lowest BCUT2D eigenvalue weighted by atomic mass is 10.2. The van der Waals surface area contributed by atoms with Crippen LogP contribution in [0.25, 0.3) is 10.2 Å². The van der Waals surface area contributed by atoms with Crippen LogP contribution in [-0.2, 0) is 7.05 Å². The number of thiazole rings is 1. The molecule has 21 heavy (non-hydrogen) atoms. The second-order valence-electron chi connectivity index (χ2n) is 4.46. The van der Waals surface area contributed by atoms with Gasteiger partial charge in [0.25, 0.3) is 5.91 Å². The molecule has 3 rings (SSSR count). The maximum Gasteiger partial charge on any atom is 0.279 e. The number of carbonyl (C=O) groups excluding carboxylic acids is 1. The number of rotatable bonds is 1. The molecule has 0 radical (unpaired) electrons. The SMILES string of the molecule is Cn1c(=NC(=O)c2cccc(F)c2)sc2cccc(Br)c21. The summed E-state index contributed by atoms with van der Waals surface area (Å²) in [5.74, 6) is -0.896. The van der Waals surface area contributed by atoms with Gasteiger partial charge in [0.2, 0.25) is 0 Å². The van der Waals surface area contributed by atoms with Gasteiger partial charge in [-0.2, -0.15) is 4.99 Å². The second-order valence-corrected chi connectivity index (χ2v) is 6.32. The minimum Gasteiger partial charge on any atom is -0.318 e. The summed E-state index contributed by atoms with van der Waals surface area (Å²) in [4.78, 5) is 16.8. The van der Waals surface area contributed by atoms with E-state index < -0.39 is 11.7 Å². The van der Waals surface area contributed by atoms with E-state index in [-0.39, 0.29) is 5.56 Å². The van der Waals surface area contributed by atoms with Crippen LogP contribution in [0.15, 0.2) is 51.9 Å². The molecule has 0 N–H and O–H groups in total. The summed E-state index contributed by atoms with van der Waals surface area (Å²) in [7, 11) is 1.85. The van der Waals surface area contributed by atoms with Crippen LogP contribution in [-0.4, -0.2) is 10.5 Å². The van der Waals surface area contributed by atoms with Crippen LogP contribution < -0.4 is 4.80 Å². The van der Waals surface area contributed by atoms with Gasteiger partial charge in [-0.05, 0) is 46.3 Å². The van der Waals surface area contributed by atoms with Crippen LogP contribution >= 0.6 is 27.3 Å². The minimum atomic E-state index is -0.451. The molecular weight excluding hydrogens is 355 g/mol. The molecule has 1 heterocycles. The Balaban J connectivity index is 2.14. The number of benzene rings is 2.